The summed E-state index contributed by atoms with van der Waals surface area (Å²) >= 11 is 6.02. The highest BCUT2D eigenvalue weighted by molar-refractivity contribution is 6.30. The van der Waals surface area contributed by atoms with Gasteiger partial charge in [0.15, 0.2) is 0 Å². The molecule has 0 saturated carbocycles. The quantitative estimate of drug-likeness (QED) is 0.509. The topological polar surface area (TPSA) is 96.1 Å². The summed E-state index contributed by atoms with van der Waals surface area (Å²) in [5, 5.41) is 10.4. The predicted molar refractivity (Wildman–Crippen MR) is 109 cm³/mol. The minimum absolute atomic E-state index is 0.0270. The number of hydrogen-bond donors (Lipinski definition) is 2. The third kappa shape index (κ3) is 5.62. The lowest BCUT2D eigenvalue weighted by atomic mass is 9.98. The molecule has 0 bridgehead atoms. The van der Waals surface area contributed by atoms with Gasteiger partial charge in [-0.1, -0.05) is 23.7 Å². The number of rotatable bonds is 8. The lowest BCUT2D eigenvalue weighted by Crippen LogP contribution is -2.38. The molecule has 1 aliphatic heterocycles. The molecule has 29 heavy (non-hydrogen) atoms. The van der Waals surface area contributed by atoms with E-state index in [4.69, 9.17) is 22.1 Å². The molecule has 2 aromatic carbocycles. The van der Waals surface area contributed by atoms with Crippen molar-refractivity contribution in [2.75, 3.05) is 26.2 Å². The average molecular weight is 418 g/mol. The summed E-state index contributed by atoms with van der Waals surface area (Å²) in [5.74, 6) is 0.614. The predicted octanol–water partition coefficient (Wildman–Crippen LogP) is 3.12. The number of fused-ring (bicyclic) bond motifs is 1. The van der Waals surface area contributed by atoms with E-state index in [1.165, 1.54) is 5.56 Å². The van der Waals surface area contributed by atoms with E-state index in [9.17, 15) is 14.8 Å². The SMILES string of the molecule is NC(=O)N(O)CCOc1ccc2c(c1)CCN(CCCc1cccc(Cl)c1)C2=O. The fourth-order valence-corrected chi connectivity index (χ4v) is 3.56. The lowest BCUT2D eigenvalue weighted by Gasteiger charge is -2.29. The van der Waals surface area contributed by atoms with Gasteiger partial charge in [0.05, 0.1) is 6.54 Å². The molecule has 3 N–H and O–H groups in total. The van der Waals surface area contributed by atoms with Crippen molar-refractivity contribution >= 4 is 23.5 Å². The number of primary amides is 1. The molecule has 0 atom stereocenters. The highest BCUT2D eigenvalue weighted by Crippen LogP contribution is 2.24. The fourth-order valence-electron chi connectivity index (χ4n) is 3.34. The third-order valence-corrected chi connectivity index (χ3v) is 5.09. The normalized spacial score (nSPS) is 13.2. The molecular formula is C21H24ClN3O4. The van der Waals surface area contributed by atoms with Gasteiger partial charge < -0.3 is 15.4 Å². The van der Waals surface area contributed by atoms with Crippen LogP contribution in [0.25, 0.3) is 0 Å². The molecular weight excluding hydrogens is 394 g/mol. The van der Waals surface area contributed by atoms with Crippen molar-refractivity contribution in [3.05, 3.63) is 64.2 Å². The maximum atomic E-state index is 12.8. The van der Waals surface area contributed by atoms with E-state index in [-0.39, 0.29) is 19.1 Å². The standard InChI is InChI=1S/C21H24ClN3O4/c22-17-5-1-3-15(13-17)4-2-9-24-10-8-16-14-18(6-7-19(16)20(24)26)29-12-11-25(28)21(23)27/h1,3,5-7,13-14,28H,2,4,8-12H2,(H2,23,27). The van der Waals surface area contributed by atoms with E-state index in [2.05, 4.69) is 0 Å². The average Bonchev–Trinajstić information content (AvgIpc) is 2.69. The second-order valence-corrected chi connectivity index (χ2v) is 7.34. The molecule has 0 fully saturated rings. The third-order valence-electron chi connectivity index (χ3n) is 4.85. The minimum atomic E-state index is -0.930. The van der Waals surface area contributed by atoms with Crippen molar-refractivity contribution in [2.45, 2.75) is 19.3 Å². The van der Waals surface area contributed by atoms with E-state index in [1.54, 1.807) is 12.1 Å². The minimum Gasteiger partial charge on any atom is -0.492 e. The molecule has 0 aromatic heterocycles. The van der Waals surface area contributed by atoms with Crippen LogP contribution in [0.15, 0.2) is 42.5 Å². The van der Waals surface area contributed by atoms with Crippen molar-refractivity contribution < 1.29 is 19.5 Å². The van der Waals surface area contributed by atoms with Crippen LogP contribution in [0, 0.1) is 0 Å². The molecule has 0 unspecified atom stereocenters. The smallest absolute Gasteiger partial charge is 0.338 e. The Hall–Kier alpha value is -2.77. The Bertz CT molecular complexity index is 890. The van der Waals surface area contributed by atoms with Crippen molar-refractivity contribution in [2.24, 2.45) is 5.73 Å². The number of hydrogen-bond acceptors (Lipinski definition) is 4. The van der Waals surface area contributed by atoms with Gasteiger partial charge in [0, 0.05) is 23.7 Å². The first-order valence-corrected chi connectivity index (χ1v) is 9.87. The van der Waals surface area contributed by atoms with Crippen LogP contribution in [-0.2, 0) is 12.8 Å². The summed E-state index contributed by atoms with van der Waals surface area (Å²) in [6.45, 7) is 1.42. The Kier molecular flexibility index (Phi) is 6.95. The molecule has 0 aliphatic carbocycles. The first-order chi connectivity index (χ1) is 13.9. The van der Waals surface area contributed by atoms with Gasteiger partial charge in [-0.3, -0.25) is 10.0 Å². The number of urea groups is 1. The first kappa shape index (κ1) is 21.0. The number of hydroxylamine groups is 2. The van der Waals surface area contributed by atoms with Gasteiger partial charge in [0.2, 0.25) is 0 Å². The Labute approximate surface area is 174 Å². The second-order valence-electron chi connectivity index (χ2n) is 6.90. The highest BCUT2D eigenvalue weighted by Gasteiger charge is 2.24. The summed E-state index contributed by atoms with van der Waals surface area (Å²) in [6.07, 6.45) is 2.50. The number of halogens is 1. The van der Waals surface area contributed by atoms with Crippen molar-refractivity contribution in [1.82, 2.24) is 9.96 Å². The number of carbonyl (C=O) groups excluding carboxylic acids is 2. The summed E-state index contributed by atoms with van der Waals surface area (Å²) < 4.78 is 5.53. The van der Waals surface area contributed by atoms with E-state index in [0.29, 0.717) is 29.5 Å². The van der Waals surface area contributed by atoms with E-state index >= 15 is 0 Å². The maximum absolute atomic E-state index is 12.8. The van der Waals surface area contributed by atoms with Gasteiger partial charge in [-0.15, -0.1) is 0 Å². The number of nitrogens with zero attached hydrogens (tertiary/aromatic N) is 2. The molecule has 0 radical (unpaired) electrons. The van der Waals surface area contributed by atoms with Gasteiger partial charge in [-0.2, -0.15) is 0 Å². The van der Waals surface area contributed by atoms with Crippen LogP contribution in [0.5, 0.6) is 5.75 Å². The van der Waals surface area contributed by atoms with Crippen molar-refractivity contribution in [1.29, 1.82) is 0 Å². The Balaban J connectivity index is 1.52. The number of nitrogens with two attached hydrogens (primary N) is 1. The number of benzene rings is 2. The van der Waals surface area contributed by atoms with Crippen LogP contribution >= 0.6 is 11.6 Å². The molecule has 0 spiro atoms. The maximum Gasteiger partial charge on any atom is 0.338 e. The number of aryl methyl sites for hydroxylation is 1. The zero-order valence-corrected chi connectivity index (χ0v) is 16.8. The van der Waals surface area contributed by atoms with Gasteiger partial charge in [0.25, 0.3) is 5.91 Å². The second kappa shape index (κ2) is 9.62. The van der Waals surface area contributed by atoms with E-state index in [1.807, 2.05) is 35.2 Å². The summed E-state index contributed by atoms with van der Waals surface area (Å²) in [5.41, 5.74) is 7.74. The van der Waals surface area contributed by atoms with E-state index < -0.39 is 6.03 Å². The number of ether oxygens (including phenoxy) is 1. The lowest BCUT2D eigenvalue weighted by molar-refractivity contribution is -0.0464. The van der Waals surface area contributed by atoms with Crippen LogP contribution < -0.4 is 10.5 Å². The Morgan fingerprint density at radius 3 is 2.86 bits per heavy atom. The van der Waals surface area contributed by atoms with Crippen LogP contribution in [-0.4, -0.2) is 53.3 Å². The molecule has 0 saturated heterocycles. The Morgan fingerprint density at radius 2 is 2.10 bits per heavy atom. The van der Waals surface area contributed by atoms with Crippen LogP contribution in [0.1, 0.15) is 27.9 Å². The zero-order chi connectivity index (χ0) is 20.8. The molecule has 1 heterocycles. The molecule has 8 heteroatoms. The zero-order valence-electron chi connectivity index (χ0n) is 16.0. The van der Waals surface area contributed by atoms with Gasteiger partial charge in [-0.05, 0) is 60.7 Å². The monoisotopic (exact) mass is 417 g/mol. The van der Waals surface area contributed by atoms with Gasteiger partial charge in [-0.25, -0.2) is 9.86 Å². The highest BCUT2D eigenvalue weighted by atomic mass is 35.5. The van der Waals surface area contributed by atoms with E-state index in [0.717, 1.165) is 29.8 Å². The van der Waals surface area contributed by atoms with Crippen LogP contribution in [0.3, 0.4) is 0 Å². The number of carbonyl (C=O) groups is 2. The Morgan fingerprint density at radius 1 is 1.28 bits per heavy atom. The van der Waals surface area contributed by atoms with Gasteiger partial charge >= 0.3 is 6.03 Å². The number of amides is 3. The van der Waals surface area contributed by atoms with Crippen molar-refractivity contribution in [3.8, 4) is 5.75 Å². The van der Waals surface area contributed by atoms with Crippen LogP contribution in [0.4, 0.5) is 4.79 Å². The summed E-state index contributed by atoms with van der Waals surface area (Å²) in [6, 6.07) is 12.2. The largest absolute Gasteiger partial charge is 0.492 e. The first-order valence-electron chi connectivity index (χ1n) is 9.49. The molecule has 1 aliphatic rings. The fraction of sp³-hybridized carbons (Fsp3) is 0.333. The molecule has 154 valence electrons. The van der Waals surface area contributed by atoms with Crippen molar-refractivity contribution in [3.63, 3.8) is 0 Å². The molecule has 3 rings (SSSR count). The summed E-state index contributed by atoms with van der Waals surface area (Å²) in [4.78, 5) is 25.4. The van der Waals surface area contributed by atoms with Gasteiger partial charge in [0.1, 0.15) is 12.4 Å². The molecule has 3 amide bonds. The van der Waals surface area contributed by atoms with Crippen LogP contribution in [0.2, 0.25) is 5.02 Å². The molecule has 7 nitrogen and oxygen atoms in total. The molecule has 2 aromatic rings. The summed E-state index contributed by atoms with van der Waals surface area (Å²) in [7, 11) is 0.